The van der Waals surface area contributed by atoms with Gasteiger partial charge in [0, 0.05) is 0 Å². The molecule has 0 atom stereocenters. The van der Waals surface area contributed by atoms with E-state index in [1.807, 2.05) is 0 Å². The van der Waals surface area contributed by atoms with Crippen LogP contribution in [-0.2, 0) is 4.79 Å². The lowest BCUT2D eigenvalue weighted by Gasteiger charge is -1.66. The molecule has 0 heterocycles. The summed E-state index contributed by atoms with van der Waals surface area (Å²) in [7, 11) is 0. The first-order valence-electron chi connectivity index (χ1n) is 1.06. The molecule has 0 aromatic heterocycles. The van der Waals surface area contributed by atoms with Gasteiger partial charge in [0.05, 0.1) is 0 Å². The molecule has 0 unspecified atom stereocenters. The molecule has 0 saturated carbocycles. The molecule has 0 aromatic rings. The summed E-state index contributed by atoms with van der Waals surface area (Å²) in [5, 5.41) is 6.15. The van der Waals surface area contributed by atoms with Crippen LogP contribution in [0, 0.1) is 5.41 Å². The van der Waals surface area contributed by atoms with Crippen LogP contribution < -0.4 is 5.73 Å². The van der Waals surface area contributed by atoms with Crippen molar-refractivity contribution in [1.82, 2.24) is 0 Å². The van der Waals surface area contributed by atoms with Crippen LogP contribution in [0.2, 0.25) is 0 Å². The van der Waals surface area contributed by atoms with E-state index >= 15 is 0 Å². The second kappa shape index (κ2) is 4.43. The topological polar surface area (TPSA) is 66.9 Å². The van der Waals surface area contributed by atoms with E-state index < -0.39 is 5.84 Å². The Balaban J connectivity index is 0. The number of hydrogen-bond donors (Lipinski definition) is 2. The number of hydrogen-bond acceptors (Lipinski definition) is 2. The first kappa shape index (κ1) is 9.06. The summed E-state index contributed by atoms with van der Waals surface area (Å²) in [5.74, 6) is -0.426. The van der Waals surface area contributed by atoms with Gasteiger partial charge in [0.25, 0.3) is 0 Å². The molecule has 0 fully saturated rings. The molecule has 4 heteroatoms. The van der Waals surface area contributed by atoms with Gasteiger partial charge in [-0.1, -0.05) is 0 Å². The highest BCUT2D eigenvalue weighted by Gasteiger charge is 1.69. The molecule has 0 saturated heterocycles. The molecule has 0 radical (unpaired) electrons. The highest BCUT2D eigenvalue weighted by molar-refractivity contribution is 6.24. The molecule has 36 valence electrons. The molecule has 0 aromatic carbocycles. The fourth-order valence-electron chi connectivity index (χ4n) is 0. The van der Waals surface area contributed by atoms with Crippen LogP contribution in [-0.4, -0.2) is 12.1 Å². The van der Waals surface area contributed by atoms with Crippen LogP contribution in [0.15, 0.2) is 0 Å². The zero-order valence-corrected chi connectivity index (χ0v) is 3.79. The maximum atomic E-state index is 9.16. The van der Waals surface area contributed by atoms with E-state index in [2.05, 4.69) is 5.73 Å². The largest absolute Gasteiger partial charge is 0.381 e. The summed E-state index contributed by atoms with van der Waals surface area (Å²) >= 11 is 0. The Morgan fingerprint density at radius 3 is 2.00 bits per heavy atom. The molecular weight excluding hydrogens is 103 g/mol. The number of carbonyl (C=O) groups excluding carboxylic acids is 1. The third-order valence-electron chi connectivity index (χ3n) is 0.127. The van der Waals surface area contributed by atoms with Crippen molar-refractivity contribution in [2.24, 2.45) is 5.73 Å². The van der Waals surface area contributed by atoms with Gasteiger partial charge in [-0.15, -0.1) is 12.4 Å². The van der Waals surface area contributed by atoms with Gasteiger partial charge in [0.1, 0.15) is 0 Å². The molecule has 0 aliphatic heterocycles. The van der Waals surface area contributed by atoms with E-state index in [4.69, 9.17) is 10.2 Å². The van der Waals surface area contributed by atoms with Crippen LogP contribution in [0.1, 0.15) is 0 Å². The number of nitrogens with two attached hydrogens (primary N) is 1. The zero-order chi connectivity index (χ0) is 4.28. The summed E-state index contributed by atoms with van der Waals surface area (Å²) < 4.78 is 0. The van der Waals surface area contributed by atoms with Crippen molar-refractivity contribution in [3.8, 4) is 0 Å². The van der Waals surface area contributed by atoms with E-state index in [0.29, 0.717) is 0 Å². The number of halogens is 1. The molecule has 0 spiro atoms. The number of nitrogens with one attached hydrogen (secondary N) is 1. The van der Waals surface area contributed by atoms with Gasteiger partial charge in [-0.3, -0.25) is 10.2 Å². The number of amidine groups is 1. The number of carbonyl (C=O) groups is 1. The Hall–Kier alpha value is -0.570. The summed E-state index contributed by atoms with van der Waals surface area (Å²) in [6, 6.07) is 0. The summed E-state index contributed by atoms with van der Waals surface area (Å²) in [4.78, 5) is 9.16. The maximum Gasteiger partial charge on any atom is 0.184 e. The number of rotatable bonds is 1. The Morgan fingerprint density at radius 1 is 1.83 bits per heavy atom. The number of aldehydes is 1. The fraction of sp³-hybridized carbons (Fsp3) is 0. The average molecular weight is 109 g/mol. The maximum absolute atomic E-state index is 9.16. The Bertz CT molecular complexity index is 62.6. The van der Waals surface area contributed by atoms with E-state index in [1.54, 1.807) is 0 Å². The lowest BCUT2D eigenvalue weighted by Crippen LogP contribution is -2.09. The molecule has 0 amide bonds. The molecule has 3 N–H and O–H groups in total. The molecule has 0 rings (SSSR count). The standard InChI is InChI=1S/C2H4N2O.ClH/c3-2(4)1-5;/h1H,(H3,3,4);1H. The fourth-order valence-corrected chi connectivity index (χ4v) is 0. The van der Waals surface area contributed by atoms with Gasteiger partial charge in [0.2, 0.25) is 0 Å². The molecular formula is C2H5ClN2O. The van der Waals surface area contributed by atoms with Crippen LogP contribution in [0.5, 0.6) is 0 Å². The SMILES string of the molecule is Cl.N=C(N)C=O. The summed E-state index contributed by atoms with van der Waals surface area (Å²) in [6.07, 6.45) is 0.278. The monoisotopic (exact) mass is 108 g/mol. The quantitative estimate of drug-likeness (QED) is 0.271. The zero-order valence-electron chi connectivity index (χ0n) is 2.97. The van der Waals surface area contributed by atoms with Gasteiger partial charge in [0.15, 0.2) is 12.1 Å². The smallest absolute Gasteiger partial charge is 0.184 e. The van der Waals surface area contributed by atoms with Gasteiger partial charge in [-0.2, -0.15) is 0 Å². The molecule has 0 bridgehead atoms. The van der Waals surface area contributed by atoms with E-state index in [-0.39, 0.29) is 18.7 Å². The van der Waals surface area contributed by atoms with Gasteiger partial charge in [-0.25, -0.2) is 0 Å². The average Bonchev–Trinajstić information content (AvgIpc) is 1.38. The Morgan fingerprint density at radius 2 is 2.00 bits per heavy atom. The van der Waals surface area contributed by atoms with Crippen molar-refractivity contribution < 1.29 is 4.79 Å². The second-order valence-corrected chi connectivity index (χ2v) is 0.573. The first-order chi connectivity index (χ1) is 2.27. The Labute approximate surface area is 41.4 Å². The third kappa shape index (κ3) is 9.90. The van der Waals surface area contributed by atoms with E-state index in [1.165, 1.54) is 0 Å². The van der Waals surface area contributed by atoms with E-state index in [9.17, 15) is 0 Å². The molecule has 0 aliphatic rings. The van der Waals surface area contributed by atoms with Crippen LogP contribution in [0.3, 0.4) is 0 Å². The molecule has 6 heavy (non-hydrogen) atoms. The minimum absolute atomic E-state index is 0. The van der Waals surface area contributed by atoms with E-state index in [0.717, 1.165) is 0 Å². The normalized spacial score (nSPS) is 5.33. The lowest BCUT2D eigenvalue weighted by atomic mass is 10.7. The van der Waals surface area contributed by atoms with Crippen LogP contribution in [0.25, 0.3) is 0 Å². The highest BCUT2D eigenvalue weighted by atomic mass is 35.5. The summed E-state index contributed by atoms with van der Waals surface area (Å²) in [6.45, 7) is 0. The molecule has 0 aliphatic carbocycles. The molecule has 3 nitrogen and oxygen atoms in total. The van der Waals surface area contributed by atoms with Gasteiger partial charge in [-0.05, 0) is 0 Å². The van der Waals surface area contributed by atoms with Crippen molar-refractivity contribution in [1.29, 1.82) is 5.41 Å². The second-order valence-electron chi connectivity index (χ2n) is 0.573. The van der Waals surface area contributed by atoms with Gasteiger partial charge < -0.3 is 5.73 Å². The highest BCUT2D eigenvalue weighted by Crippen LogP contribution is 1.33. The predicted octanol–water partition coefficient (Wildman–Crippen LogP) is -0.457. The van der Waals surface area contributed by atoms with Crippen molar-refractivity contribution in [2.75, 3.05) is 0 Å². The summed E-state index contributed by atoms with van der Waals surface area (Å²) in [5.41, 5.74) is 4.51. The van der Waals surface area contributed by atoms with Crippen molar-refractivity contribution in [2.45, 2.75) is 0 Å². The third-order valence-corrected chi connectivity index (χ3v) is 0.127. The van der Waals surface area contributed by atoms with Crippen molar-refractivity contribution >= 4 is 24.5 Å². The van der Waals surface area contributed by atoms with Crippen LogP contribution in [0.4, 0.5) is 0 Å². The van der Waals surface area contributed by atoms with Crippen molar-refractivity contribution in [3.63, 3.8) is 0 Å². The minimum atomic E-state index is -0.426. The minimum Gasteiger partial charge on any atom is -0.381 e. The first-order valence-corrected chi connectivity index (χ1v) is 1.06. The predicted molar refractivity (Wildman–Crippen MR) is 25.2 cm³/mol. The van der Waals surface area contributed by atoms with Crippen molar-refractivity contribution in [3.05, 3.63) is 0 Å². The van der Waals surface area contributed by atoms with Crippen LogP contribution >= 0.6 is 12.4 Å². The lowest BCUT2D eigenvalue weighted by molar-refractivity contribution is -0.102. The Kier molecular flexibility index (Phi) is 6.69. The van der Waals surface area contributed by atoms with Gasteiger partial charge >= 0.3 is 0 Å².